The van der Waals surface area contributed by atoms with Gasteiger partial charge in [-0.1, -0.05) is 6.07 Å². The maximum atomic E-state index is 13.0. The number of rotatable bonds is 10. The lowest BCUT2D eigenvalue weighted by Gasteiger charge is -2.25. The van der Waals surface area contributed by atoms with Crippen molar-refractivity contribution in [3.05, 3.63) is 59.2 Å². The Hall–Kier alpha value is -3.56. The number of ketones is 1. The summed E-state index contributed by atoms with van der Waals surface area (Å²) >= 11 is 0. The van der Waals surface area contributed by atoms with Gasteiger partial charge in [0.15, 0.2) is 11.5 Å². The van der Waals surface area contributed by atoms with E-state index in [0.29, 0.717) is 23.5 Å². The van der Waals surface area contributed by atoms with Crippen molar-refractivity contribution < 1.29 is 39.1 Å². The average Bonchev–Trinajstić information content (AvgIpc) is 3.08. The number of carbonyl (C=O) groups excluding carboxylic acids is 2. The molecule has 33 heavy (non-hydrogen) atoms. The van der Waals surface area contributed by atoms with Crippen LogP contribution in [-0.4, -0.2) is 72.0 Å². The monoisotopic (exact) mass is 457 g/mol. The summed E-state index contributed by atoms with van der Waals surface area (Å²) in [6.07, 6.45) is 0. The van der Waals surface area contributed by atoms with Crippen LogP contribution in [0.25, 0.3) is 5.76 Å². The molecule has 0 saturated carbocycles. The Morgan fingerprint density at radius 2 is 1.82 bits per heavy atom. The molecule has 0 aliphatic carbocycles. The Labute approximate surface area is 191 Å². The van der Waals surface area contributed by atoms with E-state index in [1.54, 1.807) is 37.3 Å². The van der Waals surface area contributed by atoms with E-state index in [1.165, 1.54) is 24.1 Å². The van der Waals surface area contributed by atoms with Crippen LogP contribution in [0, 0.1) is 0 Å². The third kappa shape index (κ3) is 5.10. The van der Waals surface area contributed by atoms with E-state index in [0.717, 1.165) is 0 Å². The molecule has 1 saturated heterocycles. The highest BCUT2D eigenvalue weighted by atomic mass is 16.5. The lowest BCUT2D eigenvalue weighted by Crippen LogP contribution is -2.33. The molecule has 1 aliphatic rings. The molecule has 1 heterocycles. The van der Waals surface area contributed by atoms with Gasteiger partial charge in [0.05, 0.1) is 45.2 Å². The summed E-state index contributed by atoms with van der Waals surface area (Å²) in [4.78, 5) is 27.2. The molecule has 1 aliphatic heterocycles. The van der Waals surface area contributed by atoms with Crippen LogP contribution in [0.5, 0.6) is 17.2 Å². The summed E-state index contributed by atoms with van der Waals surface area (Å²) in [5.74, 6) is -1.26. The Morgan fingerprint density at radius 1 is 1.09 bits per heavy atom. The van der Waals surface area contributed by atoms with Crippen molar-refractivity contribution in [1.29, 1.82) is 0 Å². The molecule has 0 radical (unpaired) electrons. The smallest absolute Gasteiger partial charge is 0.295 e. The molecule has 1 atom stereocenters. The van der Waals surface area contributed by atoms with Gasteiger partial charge in [0.1, 0.15) is 11.5 Å². The number of likely N-dealkylation sites (tertiary alicyclic amines) is 1. The van der Waals surface area contributed by atoms with Crippen LogP contribution in [0.1, 0.15) is 24.1 Å². The summed E-state index contributed by atoms with van der Waals surface area (Å²) in [7, 11) is 1.51. The molecule has 1 unspecified atom stereocenters. The minimum absolute atomic E-state index is 0.0550. The third-order valence-electron chi connectivity index (χ3n) is 5.22. The molecular weight excluding hydrogens is 430 g/mol. The number of ether oxygens (including phenoxy) is 3. The SMILES string of the molecule is CCOc1cc(C2C(=C(O)c3ccc(OC)cc3)C(=O)C(=O)N2CCOCCO)ccc1O. The number of amides is 1. The van der Waals surface area contributed by atoms with Gasteiger partial charge < -0.3 is 34.4 Å². The summed E-state index contributed by atoms with van der Waals surface area (Å²) in [6.45, 7) is 2.13. The van der Waals surface area contributed by atoms with Gasteiger partial charge in [-0.3, -0.25) is 9.59 Å². The average molecular weight is 457 g/mol. The number of Topliss-reactive ketones (excluding diaryl/α,β-unsaturated/α-hetero) is 1. The normalized spacial score (nSPS) is 17.4. The zero-order valence-electron chi connectivity index (χ0n) is 18.5. The van der Waals surface area contributed by atoms with E-state index in [2.05, 4.69) is 0 Å². The fourth-order valence-corrected chi connectivity index (χ4v) is 3.66. The van der Waals surface area contributed by atoms with Crippen LogP contribution < -0.4 is 9.47 Å². The largest absolute Gasteiger partial charge is 0.507 e. The van der Waals surface area contributed by atoms with Crippen LogP contribution in [0.3, 0.4) is 0 Å². The number of hydrogen-bond donors (Lipinski definition) is 3. The predicted molar refractivity (Wildman–Crippen MR) is 119 cm³/mol. The molecule has 9 nitrogen and oxygen atoms in total. The molecule has 9 heteroatoms. The van der Waals surface area contributed by atoms with E-state index >= 15 is 0 Å². The number of aliphatic hydroxyl groups is 2. The zero-order chi connectivity index (χ0) is 24.0. The van der Waals surface area contributed by atoms with Crippen molar-refractivity contribution in [2.45, 2.75) is 13.0 Å². The Kier molecular flexibility index (Phi) is 7.92. The van der Waals surface area contributed by atoms with E-state index in [-0.39, 0.29) is 49.2 Å². The molecule has 176 valence electrons. The second-order valence-corrected chi connectivity index (χ2v) is 7.22. The van der Waals surface area contributed by atoms with Crippen molar-refractivity contribution in [2.75, 3.05) is 40.1 Å². The third-order valence-corrected chi connectivity index (χ3v) is 5.22. The Morgan fingerprint density at radius 3 is 2.45 bits per heavy atom. The number of aliphatic hydroxyl groups excluding tert-OH is 2. The minimum Gasteiger partial charge on any atom is -0.507 e. The molecule has 0 bridgehead atoms. The standard InChI is InChI=1S/C24H27NO8/c1-3-33-19-14-16(6-9-18(19)27)21-20(22(28)15-4-7-17(31-2)8-5-15)23(29)24(30)25(21)10-12-32-13-11-26/h4-9,14,21,26-28H,3,10-13H2,1-2H3. The maximum Gasteiger partial charge on any atom is 0.295 e. The van der Waals surface area contributed by atoms with E-state index in [4.69, 9.17) is 19.3 Å². The second kappa shape index (κ2) is 10.8. The van der Waals surface area contributed by atoms with Crippen molar-refractivity contribution in [3.63, 3.8) is 0 Å². The van der Waals surface area contributed by atoms with Crippen molar-refractivity contribution in [2.24, 2.45) is 0 Å². The lowest BCUT2D eigenvalue weighted by molar-refractivity contribution is -0.140. The summed E-state index contributed by atoms with van der Waals surface area (Å²) in [6, 6.07) is 10.0. The number of hydrogen-bond acceptors (Lipinski definition) is 8. The maximum absolute atomic E-state index is 13.0. The Balaban J connectivity index is 2.10. The number of carbonyl (C=O) groups is 2. The molecular formula is C24H27NO8. The van der Waals surface area contributed by atoms with Crippen LogP contribution >= 0.6 is 0 Å². The molecule has 0 aromatic heterocycles. The fourth-order valence-electron chi connectivity index (χ4n) is 3.66. The van der Waals surface area contributed by atoms with Crippen LogP contribution in [0.4, 0.5) is 0 Å². The van der Waals surface area contributed by atoms with Crippen LogP contribution in [0.15, 0.2) is 48.0 Å². The van der Waals surface area contributed by atoms with E-state index in [9.17, 15) is 19.8 Å². The van der Waals surface area contributed by atoms with Crippen molar-refractivity contribution in [1.82, 2.24) is 4.90 Å². The molecule has 2 aromatic carbocycles. The van der Waals surface area contributed by atoms with Gasteiger partial charge in [-0.15, -0.1) is 0 Å². The first-order chi connectivity index (χ1) is 15.9. The van der Waals surface area contributed by atoms with Crippen LogP contribution in [-0.2, 0) is 14.3 Å². The number of nitrogens with zero attached hydrogens (tertiary/aromatic N) is 1. The molecule has 1 fully saturated rings. The molecule has 3 N–H and O–H groups in total. The van der Waals surface area contributed by atoms with Gasteiger partial charge in [0, 0.05) is 12.1 Å². The summed E-state index contributed by atoms with van der Waals surface area (Å²) < 4.78 is 15.9. The van der Waals surface area contributed by atoms with Crippen molar-refractivity contribution in [3.8, 4) is 17.2 Å². The predicted octanol–water partition coefficient (Wildman–Crippen LogP) is 2.23. The fraction of sp³-hybridized carbons (Fsp3) is 0.333. The first-order valence-electron chi connectivity index (χ1n) is 10.5. The zero-order valence-corrected chi connectivity index (χ0v) is 18.5. The first-order valence-corrected chi connectivity index (χ1v) is 10.5. The number of phenolic OH excluding ortho intramolecular Hbond substituents is 1. The highest BCUT2D eigenvalue weighted by Crippen LogP contribution is 2.41. The topological polar surface area (TPSA) is 126 Å². The minimum atomic E-state index is -0.926. The number of benzene rings is 2. The van der Waals surface area contributed by atoms with Crippen LogP contribution in [0.2, 0.25) is 0 Å². The molecule has 2 aromatic rings. The molecule has 3 rings (SSSR count). The molecule has 0 spiro atoms. The van der Waals surface area contributed by atoms with Gasteiger partial charge in [0.25, 0.3) is 11.7 Å². The van der Waals surface area contributed by atoms with Gasteiger partial charge in [0.2, 0.25) is 0 Å². The highest BCUT2D eigenvalue weighted by Gasteiger charge is 2.46. The Bertz CT molecular complexity index is 1030. The summed E-state index contributed by atoms with van der Waals surface area (Å²) in [5.41, 5.74) is 0.743. The first kappa shape index (κ1) is 24.1. The molecule has 1 amide bonds. The van der Waals surface area contributed by atoms with Crippen molar-refractivity contribution >= 4 is 17.4 Å². The summed E-state index contributed by atoms with van der Waals surface area (Å²) in [5, 5.41) is 30.1. The van der Waals surface area contributed by atoms with Gasteiger partial charge >= 0.3 is 0 Å². The number of methoxy groups -OCH3 is 1. The highest BCUT2D eigenvalue weighted by molar-refractivity contribution is 6.46. The van der Waals surface area contributed by atoms with E-state index < -0.39 is 17.7 Å². The lowest BCUT2D eigenvalue weighted by atomic mass is 9.95. The number of aromatic hydroxyl groups is 1. The number of phenols is 1. The second-order valence-electron chi connectivity index (χ2n) is 7.22. The van der Waals surface area contributed by atoms with Gasteiger partial charge in [-0.05, 0) is 48.9 Å². The van der Waals surface area contributed by atoms with E-state index in [1.807, 2.05) is 0 Å². The quantitative estimate of drug-likeness (QED) is 0.215. The van der Waals surface area contributed by atoms with Gasteiger partial charge in [-0.25, -0.2) is 0 Å². The van der Waals surface area contributed by atoms with Gasteiger partial charge in [-0.2, -0.15) is 0 Å².